The summed E-state index contributed by atoms with van der Waals surface area (Å²) < 4.78 is 10.8. The SMILES string of the molecule is CC(C)C[C@H](NC(=O)OCC1c2ccccc2-c2ccccc21)C(=O)N[C@@H](CCC(=O)OC(C)(C)C)C(=O)O. The third-order valence-electron chi connectivity index (χ3n) is 6.33. The number of aliphatic carboxylic acids is 1. The summed E-state index contributed by atoms with van der Waals surface area (Å²) in [5.74, 6) is -2.60. The van der Waals surface area contributed by atoms with Crippen molar-refractivity contribution in [3.05, 3.63) is 59.7 Å². The molecule has 2 atom stereocenters. The molecule has 0 aromatic heterocycles. The molecule has 0 radical (unpaired) electrons. The van der Waals surface area contributed by atoms with E-state index in [1.807, 2.05) is 62.4 Å². The Labute approximate surface area is 229 Å². The number of hydrogen-bond acceptors (Lipinski definition) is 6. The summed E-state index contributed by atoms with van der Waals surface area (Å²) in [4.78, 5) is 49.6. The molecule has 2 aromatic carbocycles. The van der Waals surface area contributed by atoms with Crippen LogP contribution < -0.4 is 10.6 Å². The molecule has 0 bridgehead atoms. The number of benzene rings is 2. The van der Waals surface area contributed by atoms with E-state index in [0.717, 1.165) is 22.3 Å². The summed E-state index contributed by atoms with van der Waals surface area (Å²) in [6.45, 7) is 9.00. The first-order valence-electron chi connectivity index (χ1n) is 13.2. The van der Waals surface area contributed by atoms with Gasteiger partial charge >= 0.3 is 18.0 Å². The van der Waals surface area contributed by atoms with Crippen molar-refractivity contribution in [3.63, 3.8) is 0 Å². The number of amides is 2. The van der Waals surface area contributed by atoms with Gasteiger partial charge in [-0.15, -0.1) is 0 Å². The average molecular weight is 539 g/mol. The molecule has 1 aliphatic carbocycles. The lowest BCUT2D eigenvalue weighted by Crippen LogP contribution is -2.52. The fourth-order valence-electron chi connectivity index (χ4n) is 4.67. The fraction of sp³-hybridized carbons (Fsp3) is 0.467. The molecule has 9 nitrogen and oxygen atoms in total. The summed E-state index contributed by atoms with van der Waals surface area (Å²) in [6, 6.07) is 13.6. The van der Waals surface area contributed by atoms with E-state index in [-0.39, 0.29) is 37.7 Å². The van der Waals surface area contributed by atoms with Crippen LogP contribution in [0.15, 0.2) is 48.5 Å². The maximum Gasteiger partial charge on any atom is 0.407 e. The number of rotatable bonds is 11. The van der Waals surface area contributed by atoms with Crippen LogP contribution in [-0.2, 0) is 23.9 Å². The molecule has 0 saturated carbocycles. The van der Waals surface area contributed by atoms with Crippen LogP contribution in [0.25, 0.3) is 11.1 Å². The van der Waals surface area contributed by atoms with E-state index in [0.29, 0.717) is 0 Å². The lowest BCUT2D eigenvalue weighted by atomic mass is 9.98. The standard InChI is InChI=1S/C30H38N2O7/c1-18(2)16-25(27(34)31-24(28(35)36)14-15-26(33)39-30(3,4)5)32-29(37)38-17-23-21-12-8-6-10-19(21)20-11-7-9-13-22(20)23/h6-13,18,23-25H,14-17H2,1-5H3,(H,31,34)(H,32,37)(H,35,36)/t24-,25-/m0/s1. The highest BCUT2D eigenvalue weighted by atomic mass is 16.6. The Hall–Kier alpha value is -3.88. The smallest absolute Gasteiger partial charge is 0.407 e. The van der Waals surface area contributed by atoms with Gasteiger partial charge in [0.2, 0.25) is 5.91 Å². The molecule has 0 aliphatic heterocycles. The molecule has 3 rings (SSSR count). The number of fused-ring (bicyclic) bond motifs is 3. The van der Waals surface area contributed by atoms with Gasteiger partial charge in [0.15, 0.2) is 0 Å². The van der Waals surface area contributed by atoms with E-state index in [1.54, 1.807) is 20.8 Å². The Morgan fingerprint density at radius 3 is 1.97 bits per heavy atom. The number of hydrogen-bond donors (Lipinski definition) is 3. The molecule has 3 N–H and O–H groups in total. The van der Waals surface area contributed by atoms with Gasteiger partial charge in [-0.05, 0) is 61.8 Å². The molecule has 210 valence electrons. The number of esters is 1. The first-order chi connectivity index (χ1) is 18.4. The Kier molecular flexibility index (Phi) is 9.72. The van der Waals surface area contributed by atoms with Crippen molar-refractivity contribution in [1.29, 1.82) is 0 Å². The van der Waals surface area contributed by atoms with Crippen molar-refractivity contribution in [2.24, 2.45) is 5.92 Å². The molecule has 0 fully saturated rings. The molecule has 0 saturated heterocycles. The van der Waals surface area contributed by atoms with Gasteiger partial charge < -0.3 is 25.2 Å². The number of carboxylic acid groups (broad SMARTS) is 1. The Morgan fingerprint density at radius 2 is 1.46 bits per heavy atom. The highest BCUT2D eigenvalue weighted by Gasteiger charge is 2.31. The van der Waals surface area contributed by atoms with Gasteiger partial charge in [-0.2, -0.15) is 0 Å². The Balaban J connectivity index is 1.62. The summed E-state index contributed by atoms with van der Waals surface area (Å²) in [6.07, 6.45) is -0.814. The van der Waals surface area contributed by atoms with Crippen LogP contribution in [0, 0.1) is 5.92 Å². The predicted octanol–water partition coefficient (Wildman–Crippen LogP) is 4.63. The van der Waals surface area contributed by atoms with Crippen LogP contribution in [-0.4, -0.2) is 53.3 Å². The normalized spacial score (nSPS) is 14.1. The van der Waals surface area contributed by atoms with Gasteiger partial charge in [0.1, 0.15) is 24.3 Å². The van der Waals surface area contributed by atoms with E-state index >= 15 is 0 Å². The lowest BCUT2D eigenvalue weighted by molar-refractivity contribution is -0.155. The number of ether oxygens (including phenoxy) is 2. The molecule has 2 amide bonds. The highest BCUT2D eigenvalue weighted by Crippen LogP contribution is 2.44. The van der Waals surface area contributed by atoms with E-state index in [4.69, 9.17) is 9.47 Å². The molecule has 39 heavy (non-hydrogen) atoms. The van der Waals surface area contributed by atoms with Crippen LogP contribution in [0.5, 0.6) is 0 Å². The molecule has 0 heterocycles. The van der Waals surface area contributed by atoms with Gasteiger partial charge in [-0.1, -0.05) is 62.4 Å². The average Bonchev–Trinajstić information content (AvgIpc) is 3.17. The van der Waals surface area contributed by atoms with Crippen LogP contribution in [0.3, 0.4) is 0 Å². The molecule has 9 heteroatoms. The van der Waals surface area contributed by atoms with Gasteiger partial charge in [0.25, 0.3) is 0 Å². The number of carbonyl (C=O) groups excluding carboxylic acids is 3. The Morgan fingerprint density at radius 1 is 0.897 bits per heavy atom. The van der Waals surface area contributed by atoms with E-state index < -0.39 is 41.6 Å². The van der Waals surface area contributed by atoms with Crippen molar-refractivity contribution < 1.29 is 33.8 Å². The zero-order valence-electron chi connectivity index (χ0n) is 23.2. The molecule has 1 aliphatic rings. The zero-order chi connectivity index (χ0) is 28.7. The third-order valence-corrected chi connectivity index (χ3v) is 6.33. The van der Waals surface area contributed by atoms with Gasteiger partial charge in [0, 0.05) is 12.3 Å². The van der Waals surface area contributed by atoms with Crippen LogP contribution >= 0.6 is 0 Å². The highest BCUT2D eigenvalue weighted by molar-refractivity contribution is 5.89. The summed E-state index contributed by atoms with van der Waals surface area (Å²) >= 11 is 0. The molecular formula is C30H38N2O7. The first kappa shape index (κ1) is 29.7. The largest absolute Gasteiger partial charge is 0.480 e. The minimum absolute atomic E-state index is 0.0275. The third kappa shape index (κ3) is 8.30. The second-order valence-electron chi connectivity index (χ2n) is 11.2. The Bertz CT molecular complexity index is 1160. The maximum absolute atomic E-state index is 13.0. The second kappa shape index (κ2) is 12.8. The quantitative estimate of drug-likeness (QED) is 0.356. The van der Waals surface area contributed by atoms with Crippen LogP contribution in [0.1, 0.15) is 70.9 Å². The first-order valence-corrected chi connectivity index (χ1v) is 13.2. The van der Waals surface area contributed by atoms with Crippen molar-refractivity contribution in [1.82, 2.24) is 10.6 Å². The van der Waals surface area contributed by atoms with Crippen LogP contribution in [0.4, 0.5) is 4.79 Å². The predicted molar refractivity (Wildman–Crippen MR) is 146 cm³/mol. The zero-order valence-corrected chi connectivity index (χ0v) is 23.2. The van der Waals surface area contributed by atoms with Gasteiger partial charge in [0.05, 0.1) is 0 Å². The summed E-state index contributed by atoms with van der Waals surface area (Å²) in [7, 11) is 0. The summed E-state index contributed by atoms with van der Waals surface area (Å²) in [5, 5.41) is 14.7. The van der Waals surface area contributed by atoms with E-state index in [1.165, 1.54) is 0 Å². The monoisotopic (exact) mass is 538 g/mol. The minimum atomic E-state index is -1.32. The molecule has 2 aromatic rings. The second-order valence-corrected chi connectivity index (χ2v) is 11.2. The number of alkyl carbamates (subject to hydrolysis) is 1. The number of nitrogens with one attached hydrogen (secondary N) is 2. The number of carbonyl (C=O) groups is 4. The van der Waals surface area contributed by atoms with Crippen LogP contribution in [0.2, 0.25) is 0 Å². The van der Waals surface area contributed by atoms with Crippen molar-refractivity contribution in [2.75, 3.05) is 6.61 Å². The molecular weight excluding hydrogens is 500 g/mol. The molecule has 0 unspecified atom stereocenters. The van der Waals surface area contributed by atoms with E-state index in [2.05, 4.69) is 10.6 Å². The van der Waals surface area contributed by atoms with Gasteiger partial charge in [-0.3, -0.25) is 9.59 Å². The van der Waals surface area contributed by atoms with Crippen molar-refractivity contribution in [2.45, 2.75) is 77.5 Å². The minimum Gasteiger partial charge on any atom is -0.480 e. The van der Waals surface area contributed by atoms with Crippen molar-refractivity contribution >= 4 is 23.9 Å². The van der Waals surface area contributed by atoms with E-state index in [9.17, 15) is 24.3 Å². The lowest BCUT2D eigenvalue weighted by Gasteiger charge is -2.23. The maximum atomic E-state index is 13.0. The fourth-order valence-corrected chi connectivity index (χ4v) is 4.67. The van der Waals surface area contributed by atoms with Gasteiger partial charge in [-0.25, -0.2) is 9.59 Å². The molecule has 0 spiro atoms. The summed E-state index contributed by atoms with van der Waals surface area (Å²) in [5.41, 5.74) is 3.64. The topological polar surface area (TPSA) is 131 Å². The van der Waals surface area contributed by atoms with Crippen molar-refractivity contribution in [3.8, 4) is 11.1 Å². The number of carboxylic acids is 1.